The maximum atomic E-state index is 12.4. The fourth-order valence-electron chi connectivity index (χ4n) is 2.53. The zero-order chi connectivity index (χ0) is 17.8. The Bertz CT molecular complexity index is 793. The lowest BCUT2D eigenvalue weighted by atomic mass is 10.1. The number of nitrogens with two attached hydrogens (primary N) is 1. The zero-order valence-electron chi connectivity index (χ0n) is 13.7. The minimum atomic E-state index is -0.392. The van der Waals surface area contributed by atoms with Gasteiger partial charge in [-0.05, 0) is 49.4 Å². The Morgan fingerprint density at radius 3 is 2.84 bits per heavy atom. The van der Waals surface area contributed by atoms with Crippen molar-refractivity contribution in [1.82, 2.24) is 10.2 Å². The van der Waals surface area contributed by atoms with Gasteiger partial charge in [-0.1, -0.05) is 40.9 Å². The largest absolute Gasteiger partial charge is 0.369 e. The third-order valence-corrected chi connectivity index (χ3v) is 7.00. The quantitative estimate of drug-likeness (QED) is 0.701. The highest BCUT2D eigenvalue weighted by Crippen LogP contribution is 2.32. The number of fused-ring (bicyclic) bond motifs is 1. The Hall–Kier alpha value is -1.58. The summed E-state index contributed by atoms with van der Waals surface area (Å²) in [6.45, 7) is 1.84. The van der Waals surface area contributed by atoms with Crippen molar-refractivity contribution in [2.24, 2.45) is 5.73 Å². The van der Waals surface area contributed by atoms with Crippen LogP contribution in [0.25, 0.3) is 0 Å². The SMILES string of the molecule is C[C@H](Sc1nnc(SCC(N)=O)s1)C(=O)Nc1ccc2c(c1)CCC2. The molecule has 2 amide bonds. The highest BCUT2D eigenvalue weighted by molar-refractivity contribution is 8.04. The molecular formula is C16H18N4O2S3. The molecule has 1 aromatic heterocycles. The minimum absolute atomic E-state index is 0.0653. The number of aromatic nitrogens is 2. The van der Waals surface area contributed by atoms with E-state index in [9.17, 15) is 9.59 Å². The fraction of sp³-hybridized carbons (Fsp3) is 0.375. The monoisotopic (exact) mass is 394 g/mol. The second-order valence-corrected chi connectivity index (χ2v) is 9.46. The number of rotatable bonds is 7. The van der Waals surface area contributed by atoms with Gasteiger partial charge in [0.25, 0.3) is 0 Å². The molecule has 132 valence electrons. The van der Waals surface area contributed by atoms with E-state index in [1.165, 1.54) is 52.4 Å². The van der Waals surface area contributed by atoms with Gasteiger partial charge in [0.2, 0.25) is 11.8 Å². The van der Waals surface area contributed by atoms with Crippen molar-refractivity contribution in [1.29, 1.82) is 0 Å². The molecule has 1 heterocycles. The predicted octanol–water partition coefficient (Wildman–Crippen LogP) is 2.72. The van der Waals surface area contributed by atoms with Crippen LogP contribution in [0, 0.1) is 0 Å². The number of anilines is 1. The summed E-state index contributed by atoms with van der Waals surface area (Å²) in [5, 5.41) is 10.7. The predicted molar refractivity (Wildman–Crippen MR) is 102 cm³/mol. The standard InChI is InChI=1S/C16H18N4O2S3/c1-9(24-16-20-19-15(25-16)23-8-13(17)21)14(22)18-12-6-5-10-3-2-4-11(10)7-12/h5-7,9H,2-4,8H2,1H3,(H2,17,21)(H,18,22)/t9-/m0/s1. The summed E-state index contributed by atoms with van der Waals surface area (Å²) in [4.78, 5) is 23.2. The van der Waals surface area contributed by atoms with Crippen LogP contribution in [-0.2, 0) is 22.4 Å². The average Bonchev–Trinajstić information content (AvgIpc) is 3.21. The van der Waals surface area contributed by atoms with Gasteiger partial charge in [-0.25, -0.2) is 0 Å². The van der Waals surface area contributed by atoms with E-state index in [1.807, 2.05) is 13.0 Å². The van der Waals surface area contributed by atoms with E-state index < -0.39 is 5.91 Å². The minimum Gasteiger partial charge on any atom is -0.369 e. The van der Waals surface area contributed by atoms with Gasteiger partial charge < -0.3 is 11.1 Å². The number of hydrogen-bond acceptors (Lipinski definition) is 7. The third-order valence-electron chi connectivity index (χ3n) is 3.74. The van der Waals surface area contributed by atoms with Gasteiger partial charge >= 0.3 is 0 Å². The molecule has 0 saturated carbocycles. The summed E-state index contributed by atoms with van der Waals surface area (Å²) in [7, 11) is 0. The summed E-state index contributed by atoms with van der Waals surface area (Å²) in [5.74, 6) is -0.283. The first-order valence-electron chi connectivity index (χ1n) is 7.85. The second kappa shape index (κ2) is 8.20. The molecule has 3 N–H and O–H groups in total. The molecule has 0 spiro atoms. The van der Waals surface area contributed by atoms with E-state index in [0.29, 0.717) is 8.68 Å². The van der Waals surface area contributed by atoms with E-state index in [4.69, 9.17) is 5.73 Å². The summed E-state index contributed by atoms with van der Waals surface area (Å²) in [6, 6.07) is 6.13. The normalized spacial score (nSPS) is 14.1. The number of primary amides is 1. The third kappa shape index (κ3) is 4.96. The van der Waals surface area contributed by atoms with Crippen LogP contribution >= 0.6 is 34.9 Å². The van der Waals surface area contributed by atoms with E-state index in [0.717, 1.165) is 18.5 Å². The van der Waals surface area contributed by atoms with Crippen LogP contribution in [0.5, 0.6) is 0 Å². The van der Waals surface area contributed by atoms with Crippen LogP contribution in [0.4, 0.5) is 5.69 Å². The van der Waals surface area contributed by atoms with Gasteiger partial charge in [0.05, 0.1) is 11.0 Å². The number of nitrogens with one attached hydrogen (secondary N) is 1. The number of aryl methyl sites for hydroxylation is 2. The van der Waals surface area contributed by atoms with Crippen molar-refractivity contribution in [3.05, 3.63) is 29.3 Å². The van der Waals surface area contributed by atoms with Crippen molar-refractivity contribution in [3.63, 3.8) is 0 Å². The van der Waals surface area contributed by atoms with Gasteiger partial charge in [-0.2, -0.15) is 0 Å². The number of nitrogens with zero attached hydrogens (tertiary/aromatic N) is 2. The van der Waals surface area contributed by atoms with Crippen molar-refractivity contribution in [3.8, 4) is 0 Å². The molecular weight excluding hydrogens is 376 g/mol. The number of carbonyl (C=O) groups is 2. The van der Waals surface area contributed by atoms with Gasteiger partial charge in [0.15, 0.2) is 8.68 Å². The van der Waals surface area contributed by atoms with Crippen molar-refractivity contribution < 1.29 is 9.59 Å². The van der Waals surface area contributed by atoms with Gasteiger partial charge in [-0.3, -0.25) is 9.59 Å². The van der Waals surface area contributed by atoms with Crippen molar-refractivity contribution in [2.45, 2.75) is 40.1 Å². The maximum Gasteiger partial charge on any atom is 0.237 e. The van der Waals surface area contributed by atoms with Crippen LogP contribution < -0.4 is 11.1 Å². The van der Waals surface area contributed by atoms with Crippen LogP contribution in [0.1, 0.15) is 24.5 Å². The molecule has 9 heteroatoms. The molecule has 0 radical (unpaired) electrons. The molecule has 1 aromatic carbocycles. The molecule has 6 nitrogen and oxygen atoms in total. The van der Waals surface area contributed by atoms with Crippen LogP contribution in [0.15, 0.2) is 26.9 Å². The summed E-state index contributed by atoms with van der Waals surface area (Å²) in [5.41, 5.74) is 8.67. The smallest absolute Gasteiger partial charge is 0.237 e. The van der Waals surface area contributed by atoms with E-state index in [-0.39, 0.29) is 16.9 Å². The number of hydrogen-bond donors (Lipinski definition) is 2. The molecule has 1 aliphatic rings. The maximum absolute atomic E-state index is 12.4. The Labute approximate surface area is 158 Å². The topological polar surface area (TPSA) is 98.0 Å². The Kier molecular flexibility index (Phi) is 5.98. The lowest BCUT2D eigenvalue weighted by molar-refractivity contribution is -0.116. The van der Waals surface area contributed by atoms with E-state index in [1.54, 1.807) is 0 Å². The Morgan fingerprint density at radius 2 is 2.04 bits per heavy atom. The van der Waals surface area contributed by atoms with Crippen LogP contribution in [-0.4, -0.2) is 33.0 Å². The Balaban J connectivity index is 1.55. The molecule has 0 saturated heterocycles. The summed E-state index contributed by atoms with van der Waals surface area (Å²) >= 11 is 3.97. The second-order valence-electron chi connectivity index (χ2n) is 5.68. The molecule has 0 bridgehead atoms. The molecule has 0 aliphatic heterocycles. The lowest BCUT2D eigenvalue weighted by Gasteiger charge is -2.11. The molecule has 1 atom stereocenters. The average molecular weight is 395 g/mol. The molecule has 0 unspecified atom stereocenters. The number of benzene rings is 1. The molecule has 1 aliphatic carbocycles. The van der Waals surface area contributed by atoms with Crippen LogP contribution in [0.3, 0.4) is 0 Å². The van der Waals surface area contributed by atoms with E-state index >= 15 is 0 Å². The number of thioether (sulfide) groups is 2. The van der Waals surface area contributed by atoms with Crippen molar-refractivity contribution >= 4 is 52.4 Å². The summed E-state index contributed by atoms with van der Waals surface area (Å²) in [6.07, 6.45) is 3.40. The Morgan fingerprint density at radius 1 is 1.28 bits per heavy atom. The fourth-order valence-corrected chi connectivity index (χ4v) is 5.44. The first kappa shape index (κ1) is 18.2. The molecule has 2 aromatic rings. The molecule has 0 fully saturated rings. The summed E-state index contributed by atoms with van der Waals surface area (Å²) < 4.78 is 1.37. The van der Waals surface area contributed by atoms with Crippen molar-refractivity contribution in [2.75, 3.05) is 11.1 Å². The van der Waals surface area contributed by atoms with Gasteiger partial charge in [0, 0.05) is 5.69 Å². The van der Waals surface area contributed by atoms with Crippen LogP contribution in [0.2, 0.25) is 0 Å². The zero-order valence-corrected chi connectivity index (χ0v) is 16.1. The van der Waals surface area contributed by atoms with Gasteiger partial charge in [0.1, 0.15) is 0 Å². The first-order valence-corrected chi connectivity index (χ1v) is 10.5. The number of carbonyl (C=O) groups excluding carboxylic acids is 2. The van der Waals surface area contributed by atoms with Gasteiger partial charge in [-0.15, -0.1) is 10.2 Å². The highest BCUT2D eigenvalue weighted by atomic mass is 32.2. The first-order chi connectivity index (χ1) is 12.0. The lowest BCUT2D eigenvalue weighted by Crippen LogP contribution is -2.22. The van der Waals surface area contributed by atoms with E-state index in [2.05, 4.69) is 27.6 Å². The number of amides is 2. The highest BCUT2D eigenvalue weighted by Gasteiger charge is 2.19. The molecule has 3 rings (SSSR count). The molecule has 25 heavy (non-hydrogen) atoms.